The number of benzene rings is 1. The molecule has 0 aliphatic rings. The standard InChI is InChI=1S/C15H21N3O/c1-11-7-5-6-8-12(11)14-18-17-13(19-14)9-10-16-15(2,3)4/h5-8,16H,9-10H2,1-4H3. The molecule has 19 heavy (non-hydrogen) atoms. The van der Waals surface area contributed by atoms with Crippen molar-refractivity contribution >= 4 is 0 Å². The summed E-state index contributed by atoms with van der Waals surface area (Å²) in [5.74, 6) is 1.28. The van der Waals surface area contributed by atoms with E-state index in [2.05, 4.69) is 36.3 Å². The van der Waals surface area contributed by atoms with Crippen LogP contribution in [0, 0.1) is 6.92 Å². The molecule has 2 aromatic rings. The lowest BCUT2D eigenvalue weighted by Crippen LogP contribution is -2.37. The molecule has 0 saturated heterocycles. The van der Waals surface area contributed by atoms with Gasteiger partial charge in [-0.15, -0.1) is 10.2 Å². The maximum absolute atomic E-state index is 5.70. The van der Waals surface area contributed by atoms with Crippen LogP contribution in [0.3, 0.4) is 0 Å². The van der Waals surface area contributed by atoms with Crippen LogP contribution in [0.2, 0.25) is 0 Å². The third-order valence-electron chi connectivity index (χ3n) is 2.84. The Morgan fingerprint density at radius 1 is 1.16 bits per heavy atom. The Kier molecular flexibility index (Phi) is 4.00. The molecule has 1 heterocycles. The molecule has 4 nitrogen and oxygen atoms in total. The van der Waals surface area contributed by atoms with E-state index in [9.17, 15) is 0 Å². The van der Waals surface area contributed by atoms with Crippen molar-refractivity contribution < 1.29 is 4.42 Å². The van der Waals surface area contributed by atoms with Gasteiger partial charge in [0.15, 0.2) is 0 Å². The second-order valence-electron chi connectivity index (χ2n) is 5.74. The number of hydrogen-bond donors (Lipinski definition) is 1. The number of hydrogen-bond acceptors (Lipinski definition) is 4. The minimum Gasteiger partial charge on any atom is -0.421 e. The lowest BCUT2D eigenvalue weighted by molar-refractivity contribution is 0.412. The monoisotopic (exact) mass is 259 g/mol. The van der Waals surface area contributed by atoms with Crippen molar-refractivity contribution in [1.29, 1.82) is 0 Å². The highest BCUT2D eigenvalue weighted by Crippen LogP contribution is 2.21. The average Bonchev–Trinajstić information content (AvgIpc) is 2.76. The molecular weight excluding hydrogens is 238 g/mol. The van der Waals surface area contributed by atoms with Crippen LogP contribution in [0.4, 0.5) is 0 Å². The van der Waals surface area contributed by atoms with Gasteiger partial charge in [-0.05, 0) is 39.3 Å². The smallest absolute Gasteiger partial charge is 0.247 e. The summed E-state index contributed by atoms with van der Waals surface area (Å²) in [6.07, 6.45) is 0.746. The van der Waals surface area contributed by atoms with Gasteiger partial charge in [-0.3, -0.25) is 0 Å². The van der Waals surface area contributed by atoms with Crippen molar-refractivity contribution in [1.82, 2.24) is 15.5 Å². The summed E-state index contributed by atoms with van der Waals surface area (Å²) in [5.41, 5.74) is 2.26. The largest absolute Gasteiger partial charge is 0.421 e. The minimum atomic E-state index is 0.110. The Balaban J connectivity index is 2.02. The van der Waals surface area contributed by atoms with E-state index in [0.717, 1.165) is 24.1 Å². The highest BCUT2D eigenvalue weighted by Gasteiger charge is 2.12. The van der Waals surface area contributed by atoms with Crippen LogP contribution >= 0.6 is 0 Å². The van der Waals surface area contributed by atoms with E-state index in [1.54, 1.807) is 0 Å². The molecule has 0 atom stereocenters. The number of aromatic nitrogens is 2. The Morgan fingerprint density at radius 2 is 1.89 bits per heavy atom. The Bertz CT molecular complexity index is 540. The molecular formula is C15H21N3O. The molecule has 1 aromatic heterocycles. The Morgan fingerprint density at radius 3 is 2.58 bits per heavy atom. The second-order valence-corrected chi connectivity index (χ2v) is 5.74. The van der Waals surface area contributed by atoms with Gasteiger partial charge in [-0.1, -0.05) is 18.2 Å². The van der Waals surface area contributed by atoms with E-state index < -0.39 is 0 Å². The highest BCUT2D eigenvalue weighted by molar-refractivity contribution is 5.57. The van der Waals surface area contributed by atoms with Crippen molar-refractivity contribution in [2.45, 2.75) is 39.7 Å². The van der Waals surface area contributed by atoms with Crippen LogP contribution in [0.1, 0.15) is 32.2 Å². The summed E-state index contributed by atoms with van der Waals surface area (Å²) in [4.78, 5) is 0. The molecule has 1 N–H and O–H groups in total. The number of rotatable bonds is 4. The molecule has 0 fully saturated rings. The van der Waals surface area contributed by atoms with Gasteiger partial charge in [0.2, 0.25) is 11.8 Å². The predicted octanol–water partition coefficient (Wildman–Crippen LogP) is 2.98. The molecule has 0 spiro atoms. The zero-order chi connectivity index (χ0) is 13.9. The van der Waals surface area contributed by atoms with Crippen molar-refractivity contribution in [3.63, 3.8) is 0 Å². The molecule has 0 saturated carbocycles. The molecule has 2 rings (SSSR count). The Hall–Kier alpha value is -1.68. The molecule has 102 valence electrons. The molecule has 0 unspecified atom stereocenters. The topological polar surface area (TPSA) is 51.0 Å². The van der Waals surface area contributed by atoms with E-state index in [0.29, 0.717) is 11.8 Å². The predicted molar refractivity (Wildman–Crippen MR) is 75.9 cm³/mol. The van der Waals surface area contributed by atoms with E-state index in [-0.39, 0.29) is 5.54 Å². The lowest BCUT2D eigenvalue weighted by Gasteiger charge is -2.19. The van der Waals surface area contributed by atoms with Crippen LogP contribution < -0.4 is 5.32 Å². The van der Waals surface area contributed by atoms with Crippen molar-refractivity contribution in [2.24, 2.45) is 0 Å². The maximum Gasteiger partial charge on any atom is 0.247 e. The van der Waals surface area contributed by atoms with Gasteiger partial charge in [0.1, 0.15) is 0 Å². The van der Waals surface area contributed by atoms with E-state index >= 15 is 0 Å². The van der Waals surface area contributed by atoms with Gasteiger partial charge in [0.25, 0.3) is 0 Å². The van der Waals surface area contributed by atoms with Crippen LogP contribution in [0.15, 0.2) is 28.7 Å². The molecule has 4 heteroatoms. The van der Waals surface area contributed by atoms with Gasteiger partial charge < -0.3 is 9.73 Å². The normalized spacial score (nSPS) is 11.8. The molecule has 1 aromatic carbocycles. The van der Waals surface area contributed by atoms with Gasteiger partial charge in [0.05, 0.1) is 0 Å². The molecule has 0 radical (unpaired) electrons. The summed E-state index contributed by atoms with van der Waals surface area (Å²) < 4.78 is 5.70. The lowest BCUT2D eigenvalue weighted by atomic mass is 10.1. The van der Waals surface area contributed by atoms with Crippen molar-refractivity contribution in [3.8, 4) is 11.5 Å². The summed E-state index contributed by atoms with van der Waals surface area (Å²) in [7, 11) is 0. The van der Waals surface area contributed by atoms with Crippen molar-refractivity contribution in [2.75, 3.05) is 6.54 Å². The molecule has 0 amide bonds. The fourth-order valence-corrected chi connectivity index (χ4v) is 1.82. The number of aryl methyl sites for hydroxylation is 1. The fourth-order valence-electron chi connectivity index (χ4n) is 1.82. The van der Waals surface area contributed by atoms with E-state index in [1.165, 1.54) is 0 Å². The minimum absolute atomic E-state index is 0.110. The third-order valence-corrected chi connectivity index (χ3v) is 2.84. The van der Waals surface area contributed by atoms with Gasteiger partial charge in [0, 0.05) is 24.1 Å². The average molecular weight is 259 g/mol. The first-order valence-corrected chi connectivity index (χ1v) is 6.59. The summed E-state index contributed by atoms with van der Waals surface area (Å²) in [6, 6.07) is 8.02. The first-order valence-electron chi connectivity index (χ1n) is 6.59. The van der Waals surface area contributed by atoms with Crippen LogP contribution in [-0.4, -0.2) is 22.3 Å². The first kappa shape index (κ1) is 13.7. The summed E-state index contributed by atoms with van der Waals surface area (Å²) in [6.45, 7) is 9.29. The summed E-state index contributed by atoms with van der Waals surface area (Å²) in [5, 5.41) is 11.6. The first-order chi connectivity index (χ1) is 8.96. The fraction of sp³-hybridized carbons (Fsp3) is 0.467. The summed E-state index contributed by atoms with van der Waals surface area (Å²) >= 11 is 0. The second kappa shape index (κ2) is 5.53. The quantitative estimate of drug-likeness (QED) is 0.917. The van der Waals surface area contributed by atoms with E-state index in [1.807, 2.05) is 31.2 Å². The highest BCUT2D eigenvalue weighted by atomic mass is 16.4. The zero-order valence-electron chi connectivity index (χ0n) is 12.0. The van der Waals surface area contributed by atoms with Gasteiger partial charge in [-0.25, -0.2) is 0 Å². The van der Waals surface area contributed by atoms with E-state index in [4.69, 9.17) is 4.42 Å². The van der Waals surface area contributed by atoms with Gasteiger partial charge >= 0.3 is 0 Å². The zero-order valence-corrected chi connectivity index (χ0v) is 12.0. The number of nitrogens with zero attached hydrogens (tertiary/aromatic N) is 2. The van der Waals surface area contributed by atoms with Crippen LogP contribution in [0.5, 0.6) is 0 Å². The molecule has 0 aliphatic carbocycles. The van der Waals surface area contributed by atoms with Crippen molar-refractivity contribution in [3.05, 3.63) is 35.7 Å². The third kappa shape index (κ3) is 3.89. The van der Waals surface area contributed by atoms with Crippen LogP contribution in [0.25, 0.3) is 11.5 Å². The number of nitrogens with one attached hydrogen (secondary N) is 1. The van der Waals surface area contributed by atoms with Crippen LogP contribution in [-0.2, 0) is 6.42 Å². The Labute approximate surface area is 114 Å². The molecule has 0 bridgehead atoms. The maximum atomic E-state index is 5.70. The SMILES string of the molecule is Cc1ccccc1-c1nnc(CCNC(C)(C)C)o1. The molecule has 0 aliphatic heterocycles. The van der Waals surface area contributed by atoms with Gasteiger partial charge in [-0.2, -0.15) is 0 Å².